The number of phenolic OH excluding ortho intramolecular Hbond substituents is 4. The molecule has 0 spiro atoms. The van der Waals surface area contributed by atoms with Gasteiger partial charge in [-0.2, -0.15) is 0 Å². The van der Waals surface area contributed by atoms with Crippen LogP contribution in [0.2, 0.25) is 0 Å². The summed E-state index contributed by atoms with van der Waals surface area (Å²) in [5.41, 5.74) is 10.4. The fraction of sp³-hybridized carbons (Fsp3) is 0.143. The summed E-state index contributed by atoms with van der Waals surface area (Å²) in [6.07, 6.45) is 0. The molecule has 0 aliphatic heterocycles. The third-order valence-electron chi connectivity index (χ3n) is 7.92. The average Bonchev–Trinajstić information content (AvgIpc) is 3.06. The maximum Gasteiger partial charge on any atom is 0.124 e. The molecule has 0 aliphatic rings. The summed E-state index contributed by atoms with van der Waals surface area (Å²) < 4.78 is 0. The van der Waals surface area contributed by atoms with Crippen molar-refractivity contribution in [2.24, 2.45) is 0 Å². The van der Waals surface area contributed by atoms with Crippen LogP contribution in [0.3, 0.4) is 0 Å². The summed E-state index contributed by atoms with van der Waals surface area (Å²) in [5.74, 6) is 1.47. The van der Waals surface area contributed by atoms with E-state index in [4.69, 9.17) is 15.3 Å². The van der Waals surface area contributed by atoms with Gasteiger partial charge in [-0.05, 0) is 116 Å². The lowest BCUT2D eigenvalue weighted by molar-refractivity contribution is 0.470. The predicted molar refractivity (Wildman–Crippen MR) is 192 cm³/mol. The summed E-state index contributed by atoms with van der Waals surface area (Å²) in [5, 5.41) is 37.5. The van der Waals surface area contributed by atoms with E-state index in [0.29, 0.717) is 23.0 Å². The van der Waals surface area contributed by atoms with Crippen LogP contribution < -0.4 is 0 Å². The molecule has 6 aromatic carbocycles. The van der Waals surface area contributed by atoms with Gasteiger partial charge < -0.3 is 20.4 Å². The second kappa shape index (κ2) is 17.1. The Bertz CT molecular complexity index is 1650. The highest BCUT2D eigenvalue weighted by Gasteiger charge is 2.11. The van der Waals surface area contributed by atoms with Gasteiger partial charge in [0.1, 0.15) is 23.0 Å². The number of hydrogen-bond acceptors (Lipinski definition) is 4. The monoisotopic (exact) mass is 612 g/mol. The minimum atomic E-state index is 0.313. The van der Waals surface area contributed by atoms with Crippen molar-refractivity contribution >= 4 is 0 Å². The molecule has 4 nitrogen and oxygen atoms in total. The molecule has 0 atom stereocenters. The lowest BCUT2D eigenvalue weighted by Gasteiger charge is -2.12. The van der Waals surface area contributed by atoms with Gasteiger partial charge >= 0.3 is 0 Å². The number of phenols is 4. The number of benzene rings is 6. The number of rotatable bonds is 2. The molecule has 0 saturated heterocycles. The van der Waals surface area contributed by atoms with Crippen LogP contribution in [-0.4, -0.2) is 20.4 Å². The van der Waals surface area contributed by atoms with Crippen LogP contribution in [0.4, 0.5) is 0 Å². The zero-order chi connectivity index (χ0) is 33.6. The first-order chi connectivity index (χ1) is 22.0. The van der Waals surface area contributed by atoms with E-state index in [2.05, 4.69) is 12.1 Å². The third-order valence-corrected chi connectivity index (χ3v) is 7.92. The zero-order valence-electron chi connectivity index (χ0n) is 27.5. The Morgan fingerprint density at radius 1 is 0.304 bits per heavy atom. The molecular weight excluding hydrogens is 568 g/mol. The zero-order valence-corrected chi connectivity index (χ0v) is 27.5. The van der Waals surface area contributed by atoms with E-state index in [9.17, 15) is 5.11 Å². The average molecular weight is 613 g/mol. The first kappa shape index (κ1) is 35.0. The largest absolute Gasteiger partial charge is 0.508 e. The highest BCUT2D eigenvalue weighted by atomic mass is 16.3. The van der Waals surface area contributed by atoms with Gasteiger partial charge in [0.2, 0.25) is 0 Å². The predicted octanol–water partition coefficient (Wildman–Crippen LogP) is 10.8. The molecule has 4 N–H and O–H groups in total. The molecule has 0 unspecified atom stereocenters. The molecular formula is C42H44O4. The SMILES string of the molecule is Cc1cccc(O)c1C.Cc1cccc(O)c1C.Cc1cccc(O)c1C.Oc1cccc(-c2ccccc2)c1-c1ccccc1. The van der Waals surface area contributed by atoms with Crippen molar-refractivity contribution < 1.29 is 20.4 Å². The molecule has 0 radical (unpaired) electrons. The van der Waals surface area contributed by atoms with Gasteiger partial charge in [0.05, 0.1) is 0 Å². The Hall–Kier alpha value is -5.48. The Balaban J connectivity index is 0.000000181. The second-order valence-corrected chi connectivity index (χ2v) is 11.1. The van der Waals surface area contributed by atoms with Crippen LogP contribution in [0.1, 0.15) is 33.4 Å². The van der Waals surface area contributed by atoms with Gasteiger partial charge in [0, 0.05) is 5.56 Å². The lowest BCUT2D eigenvalue weighted by atomic mass is 9.94. The Morgan fingerprint density at radius 3 is 0.978 bits per heavy atom. The van der Waals surface area contributed by atoms with E-state index in [0.717, 1.165) is 55.6 Å². The molecule has 0 saturated carbocycles. The van der Waals surface area contributed by atoms with E-state index in [-0.39, 0.29) is 0 Å². The Labute approximate surface area is 273 Å². The quantitative estimate of drug-likeness (QED) is 0.157. The maximum atomic E-state index is 10.2. The van der Waals surface area contributed by atoms with Crippen molar-refractivity contribution in [2.75, 3.05) is 0 Å². The fourth-order valence-electron chi connectivity index (χ4n) is 4.51. The van der Waals surface area contributed by atoms with Gasteiger partial charge in [-0.1, -0.05) is 109 Å². The lowest BCUT2D eigenvalue weighted by Crippen LogP contribution is -1.85. The van der Waals surface area contributed by atoms with E-state index in [1.807, 2.05) is 139 Å². The topological polar surface area (TPSA) is 80.9 Å². The van der Waals surface area contributed by atoms with Crippen molar-refractivity contribution in [1.29, 1.82) is 0 Å². The smallest absolute Gasteiger partial charge is 0.124 e. The molecule has 0 amide bonds. The van der Waals surface area contributed by atoms with Gasteiger partial charge in [0.25, 0.3) is 0 Å². The first-order valence-electron chi connectivity index (χ1n) is 15.2. The van der Waals surface area contributed by atoms with Gasteiger partial charge in [-0.3, -0.25) is 0 Å². The molecule has 0 bridgehead atoms. The summed E-state index contributed by atoms with van der Waals surface area (Å²) in [4.78, 5) is 0. The molecule has 0 fully saturated rings. The molecule has 0 aromatic heterocycles. The number of aromatic hydroxyl groups is 4. The summed E-state index contributed by atoms with van der Waals surface area (Å²) in [7, 11) is 0. The van der Waals surface area contributed by atoms with E-state index in [1.165, 1.54) is 0 Å². The van der Waals surface area contributed by atoms with Crippen LogP contribution >= 0.6 is 0 Å². The standard InChI is InChI=1S/C18H14O.3C8H10O/c19-17-13-7-12-16(14-8-3-1-4-9-14)18(17)15-10-5-2-6-11-15;3*1-6-4-3-5-8(9)7(6)2/h1-13,19H;3*3-5,9H,1-2H3. The highest BCUT2D eigenvalue weighted by molar-refractivity contribution is 5.87. The normalized spacial score (nSPS) is 9.87. The van der Waals surface area contributed by atoms with Crippen molar-refractivity contribution in [2.45, 2.75) is 41.5 Å². The summed E-state index contributed by atoms with van der Waals surface area (Å²) in [6, 6.07) is 42.3. The Morgan fingerprint density at radius 2 is 0.630 bits per heavy atom. The maximum absolute atomic E-state index is 10.2. The first-order valence-corrected chi connectivity index (χ1v) is 15.2. The van der Waals surface area contributed by atoms with Crippen LogP contribution in [-0.2, 0) is 0 Å². The minimum Gasteiger partial charge on any atom is -0.508 e. The van der Waals surface area contributed by atoms with E-state index in [1.54, 1.807) is 24.3 Å². The second-order valence-electron chi connectivity index (χ2n) is 11.1. The van der Waals surface area contributed by atoms with Crippen LogP contribution in [0.15, 0.2) is 133 Å². The molecule has 6 aromatic rings. The van der Waals surface area contributed by atoms with Crippen molar-refractivity contribution in [3.63, 3.8) is 0 Å². The number of aryl methyl sites for hydroxylation is 3. The molecule has 0 heterocycles. The van der Waals surface area contributed by atoms with E-state index >= 15 is 0 Å². The third kappa shape index (κ3) is 9.76. The highest BCUT2D eigenvalue weighted by Crippen LogP contribution is 2.38. The summed E-state index contributed by atoms with van der Waals surface area (Å²) >= 11 is 0. The molecule has 4 heteroatoms. The van der Waals surface area contributed by atoms with Crippen LogP contribution in [0, 0.1) is 41.5 Å². The van der Waals surface area contributed by atoms with Gasteiger partial charge in [0.15, 0.2) is 0 Å². The Kier molecular flexibility index (Phi) is 13.0. The van der Waals surface area contributed by atoms with Crippen LogP contribution in [0.25, 0.3) is 22.3 Å². The molecule has 46 heavy (non-hydrogen) atoms. The van der Waals surface area contributed by atoms with Crippen molar-refractivity contribution in [3.8, 4) is 45.3 Å². The van der Waals surface area contributed by atoms with Crippen LogP contribution in [0.5, 0.6) is 23.0 Å². The van der Waals surface area contributed by atoms with Gasteiger partial charge in [-0.15, -0.1) is 0 Å². The van der Waals surface area contributed by atoms with E-state index < -0.39 is 0 Å². The molecule has 0 aliphatic carbocycles. The van der Waals surface area contributed by atoms with Gasteiger partial charge in [-0.25, -0.2) is 0 Å². The van der Waals surface area contributed by atoms with Crippen molar-refractivity contribution in [1.82, 2.24) is 0 Å². The fourth-order valence-corrected chi connectivity index (χ4v) is 4.51. The minimum absolute atomic E-state index is 0.313. The number of hydrogen-bond donors (Lipinski definition) is 4. The molecule has 6 rings (SSSR count). The van der Waals surface area contributed by atoms with Crippen molar-refractivity contribution in [3.05, 3.63) is 167 Å². The summed E-state index contributed by atoms with van der Waals surface area (Å²) in [6.45, 7) is 11.7. The molecule has 236 valence electrons.